The van der Waals surface area contributed by atoms with Crippen molar-refractivity contribution >= 4 is 29.5 Å². The smallest absolute Gasteiger partial charge is 0.308 e. The SMILES string of the molecule is C=CCN(CCCCC)C(=O)C1N(CCCCCO)C(=O)[C@@H]2[C@@H](C(=O)O)[C@@]3(C)CCC12S3. The number of carbonyl (C=O) groups is 3. The molecule has 0 aliphatic carbocycles. The van der Waals surface area contributed by atoms with E-state index < -0.39 is 33.3 Å². The number of hydrogen-bond acceptors (Lipinski definition) is 5. The van der Waals surface area contributed by atoms with Gasteiger partial charge in [0, 0.05) is 31.0 Å². The Kier molecular flexibility index (Phi) is 7.97. The van der Waals surface area contributed by atoms with Crippen LogP contribution >= 0.6 is 11.8 Å². The van der Waals surface area contributed by atoms with Crippen molar-refractivity contribution in [3.05, 3.63) is 12.7 Å². The molecule has 5 atom stereocenters. The number of aliphatic hydroxyl groups is 1. The zero-order valence-electron chi connectivity index (χ0n) is 19.4. The maximum absolute atomic E-state index is 14.0. The largest absolute Gasteiger partial charge is 0.481 e. The van der Waals surface area contributed by atoms with Crippen LogP contribution < -0.4 is 0 Å². The average molecular weight is 467 g/mol. The van der Waals surface area contributed by atoms with Crippen molar-refractivity contribution < 1.29 is 24.6 Å². The van der Waals surface area contributed by atoms with Gasteiger partial charge in [0.25, 0.3) is 0 Å². The lowest BCUT2D eigenvalue weighted by atomic mass is 9.66. The van der Waals surface area contributed by atoms with E-state index in [0.717, 1.165) is 25.7 Å². The van der Waals surface area contributed by atoms with Crippen LogP contribution in [0.5, 0.6) is 0 Å². The third-order valence-corrected chi connectivity index (χ3v) is 9.51. The summed E-state index contributed by atoms with van der Waals surface area (Å²) in [7, 11) is 0. The van der Waals surface area contributed by atoms with E-state index >= 15 is 0 Å². The number of aliphatic carboxylic acids is 1. The van der Waals surface area contributed by atoms with Gasteiger partial charge in [-0.15, -0.1) is 18.3 Å². The number of amides is 2. The van der Waals surface area contributed by atoms with E-state index in [2.05, 4.69) is 13.5 Å². The lowest BCUT2D eigenvalue weighted by Crippen LogP contribution is -2.55. The minimum atomic E-state index is -0.931. The minimum Gasteiger partial charge on any atom is -0.481 e. The van der Waals surface area contributed by atoms with Crippen LogP contribution in [0.4, 0.5) is 0 Å². The Morgan fingerprint density at radius 1 is 1.25 bits per heavy atom. The number of fused-ring (bicyclic) bond motifs is 1. The highest BCUT2D eigenvalue weighted by atomic mass is 32.2. The van der Waals surface area contributed by atoms with E-state index in [1.165, 1.54) is 0 Å². The molecule has 8 heteroatoms. The zero-order valence-corrected chi connectivity index (χ0v) is 20.2. The van der Waals surface area contributed by atoms with Crippen molar-refractivity contribution in [3.63, 3.8) is 0 Å². The first-order chi connectivity index (χ1) is 15.3. The van der Waals surface area contributed by atoms with E-state index in [0.29, 0.717) is 45.3 Å². The number of carbonyl (C=O) groups excluding carboxylic acids is 2. The van der Waals surface area contributed by atoms with Crippen molar-refractivity contribution in [2.24, 2.45) is 11.8 Å². The first kappa shape index (κ1) is 25.1. The molecule has 0 aromatic rings. The van der Waals surface area contributed by atoms with E-state index in [9.17, 15) is 19.5 Å². The van der Waals surface area contributed by atoms with Crippen molar-refractivity contribution in [2.45, 2.75) is 80.7 Å². The minimum absolute atomic E-state index is 0.0678. The van der Waals surface area contributed by atoms with Crippen molar-refractivity contribution in [2.75, 3.05) is 26.2 Å². The van der Waals surface area contributed by atoms with Crippen molar-refractivity contribution in [3.8, 4) is 0 Å². The summed E-state index contributed by atoms with van der Waals surface area (Å²) in [4.78, 5) is 43.4. The van der Waals surface area contributed by atoms with Gasteiger partial charge in [0.2, 0.25) is 11.8 Å². The van der Waals surface area contributed by atoms with Gasteiger partial charge < -0.3 is 20.0 Å². The van der Waals surface area contributed by atoms with Gasteiger partial charge in [-0.25, -0.2) is 0 Å². The molecule has 3 saturated heterocycles. The second-order valence-corrected chi connectivity index (χ2v) is 11.6. The first-order valence-electron chi connectivity index (χ1n) is 12.0. The van der Waals surface area contributed by atoms with E-state index in [1.807, 2.05) is 11.8 Å². The zero-order chi connectivity index (χ0) is 23.5. The van der Waals surface area contributed by atoms with Crippen LogP contribution in [0.15, 0.2) is 12.7 Å². The maximum Gasteiger partial charge on any atom is 0.308 e. The second-order valence-electron chi connectivity index (χ2n) is 9.66. The molecule has 2 bridgehead atoms. The lowest BCUT2D eigenvalue weighted by molar-refractivity contribution is -0.150. The van der Waals surface area contributed by atoms with Crippen LogP contribution in [0.1, 0.15) is 65.2 Å². The standard InChI is InChI=1S/C24H38N2O5S/c1-4-6-8-14-25(13-5-2)21(29)19-24-12-11-23(3,32-24)18(22(30)31)17(24)20(28)26(19)15-9-7-10-16-27/h5,17-19,27H,2,4,6-16H2,1,3H3,(H,30,31)/t17-,18-,19?,23+,24?/m0/s1. The number of carboxylic acids is 1. The van der Waals surface area contributed by atoms with Crippen LogP contribution in [0.25, 0.3) is 0 Å². The number of aliphatic hydroxyl groups excluding tert-OH is 1. The van der Waals surface area contributed by atoms with Crippen LogP contribution in [-0.2, 0) is 14.4 Å². The number of likely N-dealkylation sites (tertiary alicyclic amines) is 1. The van der Waals surface area contributed by atoms with Gasteiger partial charge in [0.05, 0.1) is 16.6 Å². The highest BCUT2D eigenvalue weighted by molar-refractivity contribution is 8.02. The molecule has 0 radical (unpaired) electrons. The van der Waals surface area contributed by atoms with Gasteiger partial charge in [0.15, 0.2) is 0 Å². The molecular weight excluding hydrogens is 428 g/mol. The highest BCUT2D eigenvalue weighted by Crippen LogP contribution is 2.71. The molecule has 1 spiro atoms. The average Bonchev–Trinajstić information content (AvgIpc) is 3.31. The van der Waals surface area contributed by atoms with Crippen molar-refractivity contribution in [1.29, 1.82) is 0 Å². The van der Waals surface area contributed by atoms with Crippen LogP contribution in [0, 0.1) is 11.8 Å². The molecule has 3 rings (SSSR count). The van der Waals surface area contributed by atoms with E-state index in [-0.39, 0.29) is 18.4 Å². The molecule has 32 heavy (non-hydrogen) atoms. The molecule has 0 aromatic heterocycles. The number of hydrogen-bond donors (Lipinski definition) is 2. The normalized spacial score (nSPS) is 32.9. The second kappa shape index (κ2) is 10.2. The first-order valence-corrected chi connectivity index (χ1v) is 12.8. The summed E-state index contributed by atoms with van der Waals surface area (Å²) in [5.41, 5.74) is 0. The summed E-state index contributed by atoms with van der Waals surface area (Å²) in [5.74, 6) is -2.60. The van der Waals surface area contributed by atoms with Gasteiger partial charge in [-0.05, 0) is 45.4 Å². The van der Waals surface area contributed by atoms with E-state index in [1.54, 1.807) is 22.7 Å². The van der Waals surface area contributed by atoms with E-state index in [4.69, 9.17) is 5.11 Å². The molecule has 2 N–H and O–H groups in total. The molecule has 0 aromatic carbocycles. The van der Waals surface area contributed by atoms with Gasteiger partial charge in [0.1, 0.15) is 6.04 Å². The van der Waals surface area contributed by atoms with Gasteiger partial charge in [-0.1, -0.05) is 25.8 Å². The van der Waals surface area contributed by atoms with Crippen molar-refractivity contribution in [1.82, 2.24) is 9.80 Å². The summed E-state index contributed by atoms with van der Waals surface area (Å²) in [6.07, 6.45) is 8.20. The Balaban J connectivity index is 1.95. The summed E-state index contributed by atoms with van der Waals surface area (Å²) >= 11 is 1.58. The van der Waals surface area contributed by atoms with Gasteiger partial charge >= 0.3 is 5.97 Å². The third-order valence-electron chi connectivity index (χ3n) is 7.53. The molecule has 3 fully saturated rings. The molecule has 3 aliphatic heterocycles. The number of nitrogens with zero attached hydrogens (tertiary/aromatic N) is 2. The molecular formula is C24H38N2O5S. The molecule has 2 amide bonds. The summed E-state index contributed by atoms with van der Waals surface area (Å²) < 4.78 is -1.19. The number of thioether (sulfide) groups is 1. The molecule has 3 heterocycles. The Bertz CT molecular complexity index is 746. The predicted octanol–water partition coefficient (Wildman–Crippen LogP) is 2.92. The fourth-order valence-corrected chi connectivity index (χ4v) is 8.41. The highest BCUT2D eigenvalue weighted by Gasteiger charge is 2.77. The number of carboxylic acid groups (broad SMARTS) is 1. The summed E-state index contributed by atoms with van der Waals surface area (Å²) in [6, 6.07) is -0.633. The van der Waals surface area contributed by atoms with Gasteiger partial charge in [-0.3, -0.25) is 14.4 Å². The molecule has 2 unspecified atom stereocenters. The molecule has 0 saturated carbocycles. The summed E-state index contributed by atoms with van der Waals surface area (Å²) in [5, 5.41) is 19.1. The Labute approximate surface area is 195 Å². The topological polar surface area (TPSA) is 98.2 Å². The molecule has 7 nitrogen and oxygen atoms in total. The Hall–Kier alpha value is -1.54. The monoisotopic (exact) mass is 466 g/mol. The lowest BCUT2D eigenvalue weighted by Gasteiger charge is -2.37. The fourth-order valence-electron chi connectivity index (χ4n) is 6.07. The molecule has 180 valence electrons. The number of rotatable bonds is 13. The Morgan fingerprint density at radius 2 is 2.00 bits per heavy atom. The summed E-state index contributed by atoms with van der Waals surface area (Å²) in [6.45, 7) is 9.46. The predicted molar refractivity (Wildman–Crippen MR) is 125 cm³/mol. The van der Waals surface area contributed by atoms with Crippen LogP contribution in [-0.4, -0.2) is 79.6 Å². The van der Waals surface area contributed by atoms with Crippen LogP contribution in [0.2, 0.25) is 0 Å². The number of unbranched alkanes of at least 4 members (excludes halogenated alkanes) is 4. The quantitative estimate of drug-likeness (QED) is 0.320. The maximum atomic E-state index is 14.0. The molecule has 3 aliphatic rings. The fraction of sp³-hybridized carbons (Fsp3) is 0.792. The van der Waals surface area contributed by atoms with Crippen LogP contribution in [0.3, 0.4) is 0 Å². The van der Waals surface area contributed by atoms with Gasteiger partial charge in [-0.2, -0.15) is 0 Å². The third kappa shape index (κ3) is 4.20. The Morgan fingerprint density at radius 3 is 2.62 bits per heavy atom.